The largest absolute Gasteiger partial charge is 0.340 e. The molecule has 0 fully saturated rings. The summed E-state index contributed by atoms with van der Waals surface area (Å²) in [4.78, 5) is 24.9. The van der Waals surface area contributed by atoms with Gasteiger partial charge in [-0.1, -0.05) is 54.7 Å². The van der Waals surface area contributed by atoms with Gasteiger partial charge in [0.15, 0.2) is 0 Å². The molecular weight excluding hydrogens is 421 g/mol. The normalized spacial score (nSPS) is 12.2. The number of hydrazone groups is 1. The van der Waals surface area contributed by atoms with Gasteiger partial charge in [-0.3, -0.25) is 9.59 Å². The first-order valence-corrected chi connectivity index (χ1v) is 9.74. The summed E-state index contributed by atoms with van der Waals surface area (Å²) in [6, 6.07) is 10.6. The lowest BCUT2D eigenvalue weighted by molar-refractivity contribution is -0.123. The topological polar surface area (TPSA) is 70.6 Å². The van der Waals surface area contributed by atoms with Crippen molar-refractivity contribution < 1.29 is 9.59 Å². The van der Waals surface area contributed by atoms with Gasteiger partial charge in [-0.2, -0.15) is 5.10 Å². The quantitative estimate of drug-likeness (QED) is 0.473. The molecule has 0 bridgehead atoms. The van der Waals surface area contributed by atoms with Crippen LogP contribution in [0.5, 0.6) is 0 Å². The first kappa shape index (κ1) is 22.2. The summed E-state index contributed by atoms with van der Waals surface area (Å²) in [5, 5.41) is 8.13. The van der Waals surface area contributed by atoms with E-state index < -0.39 is 11.9 Å². The molecule has 2 N–H and O–H groups in total. The van der Waals surface area contributed by atoms with E-state index >= 15 is 0 Å². The van der Waals surface area contributed by atoms with Crippen molar-refractivity contribution in [2.45, 2.75) is 26.3 Å². The van der Waals surface area contributed by atoms with Crippen molar-refractivity contribution >= 4 is 52.8 Å². The third kappa shape index (κ3) is 6.82. The van der Waals surface area contributed by atoms with Crippen LogP contribution in [-0.2, 0) is 4.79 Å². The van der Waals surface area contributed by atoms with Crippen LogP contribution in [-0.4, -0.2) is 24.1 Å². The van der Waals surface area contributed by atoms with Gasteiger partial charge in [0.1, 0.15) is 6.04 Å². The third-order valence-electron chi connectivity index (χ3n) is 3.78. The Labute approximate surface area is 179 Å². The number of carbonyl (C=O) groups excluding carboxylic acids is 2. The van der Waals surface area contributed by atoms with Crippen LogP contribution in [0.1, 0.15) is 36.2 Å². The van der Waals surface area contributed by atoms with Crippen LogP contribution < -0.4 is 10.7 Å². The van der Waals surface area contributed by atoms with Crippen LogP contribution in [0.3, 0.4) is 0 Å². The number of nitrogens with one attached hydrogen (secondary N) is 2. The molecule has 0 aliphatic rings. The second kappa shape index (κ2) is 10.5. The molecule has 0 heterocycles. The van der Waals surface area contributed by atoms with Crippen LogP contribution in [0, 0.1) is 5.92 Å². The predicted molar refractivity (Wildman–Crippen MR) is 114 cm³/mol. The van der Waals surface area contributed by atoms with Crippen molar-refractivity contribution in [1.29, 1.82) is 0 Å². The number of hydrogen-bond acceptors (Lipinski definition) is 3. The molecule has 1 atom stereocenters. The predicted octanol–water partition coefficient (Wildman–Crippen LogP) is 4.94. The van der Waals surface area contributed by atoms with Crippen LogP contribution in [0.4, 0.5) is 0 Å². The van der Waals surface area contributed by atoms with Crippen molar-refractivity contribution in [3.63, 3.8) is 0 Å². The summed E-state index contributed by atoms with van der Waals surface area (Å²) in [5.74, 6) is -0.588. The Bertz CT molecular complexity index is 867. The van der Waals surface area contributed by atoms with Gasteiger partial charge in [0.25, 0.3) is 11.8 Å². The fourth-order valence-electron chi connectivity index (χ4n) is 2.40. The highest BCUT2D eigenvalue weighted by Crippen LogP contribution is 2.19. The number of carbonyl (C=O) groups is 2. The SMILES string of the molecule is CC(C)CC(NC(=O)c1ccc(Cl)cc1)C(=O)N/N=C/c1ccc(Cl)cc1Cl. The molecule has 0 radical (unpaired) electrons. The summed E-state index contributed by atoms with van der Waals surface area (Å²) >= 11 is 17.8. The molecule has 0 spiro atoms. The highest BCUT2D eigenvalue weighted by molar-refractivity contribution is 6.36. The van der Waals surface area contributed by atoms with Crippen molar-refractivity contribution in [1.82, 2.24) is 10.7 Å². The Hall–Kier alpha value is -2.08. The average molecular weight is 441 g/mol. The standard InChI is InChI=1S/C20H20Cl3N3O2/c1-12(2)9-18(25-19(27)13-3-6-15(21)7-4-13)20(28)26-24-11-14-5-8-16(22)10-17(14)23/h3-8,10-12,18H,9H2,1-2H3,(H,25,27)(H,26,28)/b24-11+. The first-order valence-electron chi connectivity index (χ1n) is 8.60. The molecule has 1 unspecified atom stereocenters. The van der Waals surface area contributed by atoms with E-state index in [1.165, 1.54) is 6.21 Å². The van der Waals surface area contributed by atoms with Crippen molar-refractivity contribution in [3.8, 4) is 0 Å². The van der Waals surface area contributed by atoms with E-state index in [1.54, 1.807) is 42.5 Å². The average Bonchev–Trinajstić information content (AvgIpc) is 2.63. The second-order valence-electron chi connectivity index (χ2n) is 6.56. The third-order valence-corrected chi connectivity index (χ3v) is 4.59. The molecule has 2 rings (SSSR count). The van der Waals surface area contributed by atoms with E-state index in [-0.39, 0.29) is 11.8 Å². The van der Waals surface area contributed by atoms with E-state index in [2.05, 4.69) is 15.8 Å². The van der Waals surface area contributed by atoms with Gasteiger partial charge in [-0.15, -0.1) is 0 Å². The van der Waals surface area contributed by atoms with Crippen LogP contribution in [0.15, 0.2) is 47.6 Å². The van der Waals surface area contributed by atoms with Gasteiger partial charge >= 0.3 is 0 Å². The Morgan fingerprint density at radius 3 is 2.29 bits per heavy atom. The van der Waals surface area contributed by atoms with Crippen molar-refractivity contribution in [2.24, 2.45) is 11.0 Å². The monoisotopic (exact) mass is 439 g/mol. The minimum atomic E-state index is -0.735. The molecule has 5 nitrogen and oxygen atoms in total. The first-order chi connectivity index (χ1) is 13.3. The number of hydrogen-bond donors (Lipinski definition) is 2. The van der Waals surface area contributed by atoms with Crippen LogP contribution in [0.25, 0.3) is 0 Å². The fourth-order valence-corrected chi connectivity index (χ4v) is 2.98. The summed E-state index contributed by atoms with van der Waals surface area (Å²) in [5.41, 5.74) is 3.47. The van der Waals surface area contributed by atoms with Gasteiger partial charge in [0.05, 0.1) is 11.2 Å². The van der Waals surface area contributed by atoms with E-state index in [9.17, 15) is 9.59 Å². The molecule has 2 amide bonds. The van der Waals surface area contributed by atoms with Gasteiger partial charge in [-0.25, -0.2) is 5.43 Å². The molecule has 0 aliphatic carbocycles. The molecule has 28 heavy (non-hydrogen) atoms. The lowest BCUT2D eigenvalue weighted by atomic mass is 10.0. The number of benzene rings is 2. The zero-order chi connectivity index (χ0) is 20.7. The second-order valence-corrected chi connectivity index (χ2v) is 7.84. The Morgan fingerprint density at radius 1 is 1.04 bits per heavy atom. The van der Waals surface area contributed by atoms with Crippen molar-refractivity contribution in [3.05, 3.63) is 68.7 Å². The molecule has 0 saturated carbocycles. The molecule has 148 valence electrons. The maximum atomic E-state index is 12.5. The lowest BCUT2D eigenvalue weighted by Crippen LogP contribution is -2.46. The number of halogens is 3. The molecule has 0 saturated heterocycles. The molecule has 2 aromatic rings. The summed E-state index contributed by atoms with van der Waals surface area (Å²) < 4.78 is 0. The Morgan fingerprint density at radius 2 is 1.68 bits per heavy atom. The van der Waals surface area contributed by atoms with Crippen molar-refractivity contribution in [2.75, 3.05) is 0 Å². The Kier molecular flexibility index (Phi) is 8.30. The number of rotatable bonds is 7. The smallest absolute Gasteiger partial charge is 0.262 e. The highest BCUT2D eigenvalue weighted by atomic mass is 35.5. The minimum Gasteiger partial charge on any atom is -0.340 e. The molecule has 0 aliphatic heterocycles. The van der Waals surface area contributed by atoms with Gasteiger partial charge in [-0.05, 0) is 48.7 Å². The van der Waals surface area contributed by atoms with Crippen LogP contribution >= 0.6 is 34.8 Å². The van der Waals surface area contributed by atoms with E-state index in [0.717, 1.165) is 0 Å². The molecule has 8 heteroatoms. The summed E-state index contributed by atoms with van der Waals surface area (Å²) in [6.07, 6.45) is 1.88. The minimum absolute atomic E-state index is 0.191. The fraction of sp³-hybridized carbons (Fsp3) is 0.250. The van der Waals surface area contributed by atoms with Crippen LogP contribution in [0.2, 0.25) is 15.1 Å². The molecule has 0 aromatic heterocycles. The van der Waals surface area contributed by atoms with Gasteiger partial charge < -0.3 is 5.32 Å². The maximum absolute atomic E-state index is 12.5. The molecular formula is C20H20Cl3N3O2. The van der Waals surface area contributed by atoms with E-state index in [4.69, 9.17) is 34.8 Å². The zero-order valence-corrected chi connectivity index (χ0v) is 17.6. The maximum Gasteiger partial charge on any atom is 0.262 e. The van der Waals surface area contributed by atoms with E-state index in [0.29, 0.717) is 32.6 Å². The van der Waals surface area contributed by atoms with Gasteiger partial charge in [0, 0.05) is 21.2 Å². The zero-order valence-electron chi connectivity index (χ0n) is 15.4. The van der Waals surface area contributed by atoms with E-state index in [1.807, 2.05) is 13.8 Å². The highest BCUT2D eigenvalue weighted by Gasteiger charge is 2.22. The summed E-state index contributed by atoms with van der Waals surface area (Å²) in [7, 11) is 0. The lowest BCUT2D eigenvalue weighted by Gasteiger charge is -2.19. The summed E-state index contributed by atoms with van der Waals surface area (Å²) in [6.45, 7) is 3.93. The Balaban J connectivity index is 2.04. The number of amides is 2. The van der Waals surface area contributed by atoms with Gasteiger partial charge in [0.2, 0.25) is 0 Å². The number of nitrogens with zero attached hydrogens (tertiary/aromatic N) is 1. The molecule has 2 aromatic carbocycles.